The van der Waals surface area contributed by atoms with Gasteiger partial charge in [0.25, 0.3) is 0 Å². The molecule has 6 nitrogen and oxygen atoms in total. The largest absolute Gasteiger partial charge is 0.370 e. The number of amides is 3. The van der Waals surface area contributed by atoms with Gasteiger partial charge in [-0.2, -0.15) is 0 Å². The summed E-state index contributed by atoms with van der Waals surface area (Å²) in [6, 6.07) is -1.11. The van der Waals surface area contributed by atoms with Gasteiger partial charge in [-0.3, -0.25) is 14.4 Å². The van der Waals surface area contributed by atoms with Crippen LogP contribution in [-0.2, 0) is 14.4 Å². The molecule has 3 amide bonds. The number of primary amides is 1. The highest BCUT2D eigenvalue weighted by Crippen LogP contribution is 2.10. The highest BCUT2D eigenvalue weighted by atomic mass is 16.2. The van der Waals surface area contributed by atoms with E-state index in [9.17, 15) is 14.4 Å². The highest BCUT2D eigenvalue weighted by molar-refractivity contribution is 5.97. The lowest BCUT2D eigenvalue weighted by atomic mass is 9.99. The molecule has 0 aliphatic carbocycles. The average molecular weight is 241 g/mol. The first-order valence-corrected chi connectivity index (χ1v) is 5.79. The van der Waals surface area contributed by atoms with E-state index in [0.29, 0.717) is 12.3 Å². The van der Waals surface area contributed by atoms with Gasteiger partial charge in [-0.05, 0) is 18.8 Å². The predicted octanol–water partition coefficient (Wildman–Crippen LogP) is -0.719. The van der Waals surface area contributed by atoms with Gasteiger partial charge in [-0.25, -0.2) is 0 Å². The van der Waals surface area contributed by atoms with E-state index < -0.39 is 18.0 Å². The van der Waals surface area contributed by atoms with Crippen molar-refractivity contribution in [2.45, 2.75) is 45.2 Å². The molecule has 0 unspecified atom stereocenters. The van der Waals surface area contributed by atoms with Crippen LogP contribution in [0.1, 0.15) is 33.1 Å². The smallest absolute Gasteiger partial charge is 0.243 e. The summed E-state index contributed by atoms with van der Waals surface area (Å²) in [5.74, 6) is -0.575. The van der Waals surface area contributed by atoms with Crippen molar-refractivity contribution < 1.29 is 14.4 Å². The molecule has 1 fully saturated rings. The SMILES string of the molecule is CC(C)C[C@@H]1NC(=O)[C@H](CCC(N)=O)NC1=O. The number of carbonyl (C=O) groups is 3. The van der Waals surface area contributed by atoms with Crippen molar-refractivity contribution >= 4 is 17.7 Å². The van der Waals surface area contributed by atoms with Crippen molar-refractivity contribution in [2.24, 2.45) is 11.7 Å². The fraction of sp³-hybridized carbons (Fsp3) is 0.727. The highest BCUT2D eigenvalue weighted by Gasteiger charge is 2.33. The van der Waals surface area contributed by atoms with Crippen molar-refractivity contribution in [1.29, 1.82) is 0 Å². The van der Waals surface area contributed by atoms with E-state index in [1.54, 1.807) is 0 Å². The number of nitrogens with one attached hydrogen (secondary N) is 2. The van der Waals surface area contributed by atoms with Gasteiger partial charge in [-0.15, -0.1) is 0 Å². The standard InChI is InChI=1S/C11H19N3O3/c1-6(2)5-8-11(17)13-7(10(16)14-8)3-4-9(12)15/h6-8H,3-5H2,1-2H3,(H2,12,15)(H,13,17)(H,14,16)/t7-,8-/m0/s1. The first kappa shape index (κ1) is 13.5. The number of carbonyl (C=O) groups excluding carboxylic acids is 3. The summed E-state index contributed by atoms with van der Waals surface area (Å²) in [6.45, 7) is 3.97. The van der Waals surface area contributed by atoms with Gasteiger partial charge in [0.2, 0.25) is 17.7 Å². The quantitative estimate of drug-likeness (QED) is 0.592. The molecule has 0 aromatic rings. The summed E-state index contributed by atoms with van der Waals surface area (Å²) in [7, 11) is 0. The Hall–Kier alpha value is -1.59. The summed E-state index contributed by atoms with van der Waals surface area (Å²) < 4.78 is 0. The maximum Gasteiger partial charge on any atom is 0.243 e. The molecular formula is C11H19N3O3. The summed E-state index contributed by atoms with van der Waals surface area (Å²) in [5, 5.41) is 5.29. The number of piperazine rings is 1. The number of rotatable bonds is 5. The zero-order valence-electron chi connectivity index (χ0n) is 10.2. The van der Waals surface area contributed by atoms with Gasteiger partial charge in [0, 0.05) is 6.42 Å². The normalized spacial score (nSPS) is 24.4. The second kappa shape index (κ2) is 5.65. The van der Waals surface area contributed by atoms with E-state index in [1.807, 2.05) is 13.8 Å². The van der Waals surface area contributed by atoms with Crippen molar-refractivity contribution in [2.75, 3.05) is 0 Å². The Morgan fingerprint density at radius 1 is 1.24 bits per heavy atom. The average Bonchev–Trinajstić information content (AvgIpc) is 2.20. The lowest BCUT2D eigenvalue weighted by molar-refractivity contribution is -0.137. The lowest BCUT2D eigenvalue weighted by Gasteiger charge is -2.30. The van der Waals surface area contributed by atoms with Gasteiger partial charge in [0.15, 0.2) is 0 Å². The van der Waals surface area contributed by atoms with Crippen molar-refractivity contribution in [1.82, 2.24) is 10.6 Å². The molecular weight excluding hydrogens is 222 g/mol. The minimum absolute atomic E-state index is 0.0905. The molecule has 6 heteroatoms. The van der Waals surface area contributed by atoms with E-state index in [2.05, 4.69) is 10.6 Å². The van der Waals surface area contributed by atoms with Crippen LogP contribution in [0, 0.1) is 5.92 Å². The Kier molecular flexibility index (Phi) is 4.48. The Morgan fingerprint density at radius 2 is 1.76 bits per heavy atom. The maximum absolute atomic E-state index is 11.7. The van der Waals surface area contributed by atoms with Crippen LogP contribution in [-0.4, -0.2) is 29.8 Å². The fourth-order valence-electron chi connectivity index (χ4n) is 1.80. The second-order valence-corrected chi connectivity index (χ2v) is 4.76. The lowest BCUT2D eigenvalue weighted by Crippen LogP contribution is -2.61. The third-order valence-electron chi connectivity index (χ3n) is 2.65. The van der Waals surface area contributed by atoms with Gasteiger partial charge < -0.3 is 16.4 Å². The zero-order valence-corrected chi connectivity index (χ0v) is 10.2. The zero-order chi connectivity index (χ0) is 13.0. The molecule has 1 heterocycles. The molecule has 1 saturated heterocycles. The maximum atomic E-state index is 11.7. The minimum atomic E-state index is -0.640. The van der Waals surface area contributed by atoms with Crippen LogP contribution in [0.2, 0.25) is 0 Å². The first-order valence-electron chi connectivity index (χ1n) is 5.79. The Bertz CT molecular complexity index is 328. The molecule has 0 radical (unpaired) electrons. The molecule has 4 N–H and O–H groups in total. The molecule has 1 aliphatic rings. The van der Waals surface area contributed by atoms with E-state index in [1.165, 1.54) is 0 Å². The molecule has 1 rings (SSSR count). The van der Waals surface area contributed by atoms with Crippen LogP contribution in [0.4, 0.5) is 0 Å². The van der Waals surface area contributed by atoms with Gasteiger partial charge in [0.1, 0.15) is 12.1 Å². The van der Waals surface area contributed by atoms with Crippen LogP contribution in [0.5, 0.6) is 0 Å². The third-order valence-corrected chi connectivity index (χ3v) is 2.65. The second-order valence-electron chi connectivity index (χ2n) is 4.76. The molecule has 0 spiro atoms. The molecule has 2 atom stereocenters. The van der Waals surface area contributed by atoms with Gasteiger partial charge in [-0.1, -0.05) is 13.8 Å². The molecule has 17 heavy (non-hydrogen) atoms. The molecule has 0 aromatic carbocycles. The first-order chi connectivity index (χ1) is 7.90. The molecule has 96 valence electrons. The van der Waals surface area contributed by atoms with E-state index in [0.717, 1.165) is 0 Å². The summed E-state index contributed by atoms with van der Waals surface area (Å²) in [6.07, 6.45) is 0.953. The third kappa shape index (κ3) is 4.05. The summed E-state index contributed by atoms with van der Waals surface area (Å²) in [5.41, 5.74) is 5.00. The topological polar surface area (TPSA) is 101 Å². The Morgan fingerprint density at radius 3 is 2.29 bits per heavy atom. The Balaban J connectivity index is 2.52. The van der Waals surface area contributed by atoms with Gasteiger partial charge in [0.05, 0.1) is 0 Å². The van der Waals surface area contributed by atoms with Crippen LogP contribution in [0.25, 0.3) is 0 Å². The van der Waals surface area contributed by atoms with Crippen molar-refractivity contribution in [3.8, 4) is 0 Å². The van der Waals surface area contributed by atoms with Crippen LogP contribution in [0.3, 0.4) is 0 Å². The number of hydrogen-bond donors (Lipinski definition) is 3. The van der Waals surface area contributed by atoms with Gasteiger partial charge >= 0.3 is 0 Å². The molecule has 0 bridgehead atoms. The molecule has 0 saturated carbocycles. The fourth-order valence-corrected chi connectivity index (χ4v) is 1.80. The minimum Gasteiger partial charge on any atom is -0.370 e. The van der Waals surface area contributed by atoms with Crippen LogP contribution < -0.4 is 16.4 Å². The summed E-state index contributed by atoms with van der Waals surface area (Å²) >= 11 is 0. The van der Waals surface area contributed by atoms with Crippen LogP contribution in [0.15, 0.2) is 0 Å². The van der Waals surface area contributed by atoms with Crippen LogP contribution >= 0.6 is 0 Å². The Labute approximate surface area is 100 Å². The summed E-state index contributed by atoms with van der Waals surface area (Å²) in [4.78, 5) is 34.0. The van der Waals surface area contributed by atoms with Crippen molar-refractivity contribution in [3.63, 3.8) is 0 Å². The number of nitrogens with two attached hydrogens (primary N) is 1. The van der Waals surface area contributed by atoms with Crippen molar-refractivity contribution in [3.05, 3.63) is 0 Å². The molecule has 1 aliphatic heterocycles. The van der Waals surface area contributed by atoms with E-state index >= 15 is 0 Å². The monoisotopic (exact) mass is 241 g/mol. The van der Waals surface area contributed by atoms with E-state index in [4.69, 9.17) is 5.73 Å². The number of hydrogen-bond acceptors (Lipinski definition) is 3. The molecule has 0 aromatic heterocycles. The van der Waals surface area contributed by atoms with E-state index in [-0.39, 0.29) is 24.7 Å². The predicted molar refractivity (Wildman–Crippen MR) is 61.7 cm³/mol.